The minimum atomic E-state index is -0.443. The fourth-order valence-corrected chi connectivity index (χ4v) is 3.44. The summed E-state index contributed by atoms with van der Waals surface area (Å²) in [5.41, 5.74) is -0.327. The van der Waals surface area contributed by atoms with Gasteiger partial charge in [0.25, 0.3) is 0 Å². The summed E-state index contributed by atoms with van der Waals surface area (Å²) in [4.78, 5) is 14.6. The van der Waals surface area contributed by atoms with E-state index in [0.29, 0.717) is 5.92 Å². The number of ether oxygens (including phenoxy) is 1. The molecule has 0 amide bonds. The minimum absolute atomic E-state index is 0.105. The van der Waals surface area contributed by atoms with E-state index in [1.165, 1.54) is 39.5 Å². The Morgan fingerprint density at radius 2 is 1.50 bits per heavy atom. The minimum Gasteiger partial charge on any atom is -0.469 e. The van der Waals surface area contributed by atoms with Crippen molar-refractivity contribution in [1.82, 2.24) is 4.90 Å². The number of hydrogen-bond acceptors (Lipinski definition) is 3. The molecule has 3 heteroatoms. The van der Waals surface area contributed by atoms with Gasteiger partial charge in [-0.3, -0.25) is 9.69 Å². The fraction of sp³-hybridized carbons (Fsp3) is 0.941. The maximum absolute atomic E-state index is 12.0. The molecule has 1 saturated heterocycles. The predicted octanol–water partition coefficient (Wildman–Crippen LogP) is 3.72. The van der Waals surface area contributed by atoms with Crippen molar-refractivity contribution in [3.63, 3.8) is 0 Å². The lowest BCUT2D eigenvalue weighted by molar-refractivity contribution is -0.156. The molecule has 0 N–H and O–H groups in total. The van der Waals surface area contributed by atoms with Gasteiger partial charge in [0.05, 0.1) is 12.5 Å². The average Bonchev–Trinajstić information content (AvgIpc) is 2.45. The van der Waals surface area contributed by atoms with Gasteiger partial charge in [0.15, 0.2) is 0 Å². The Morgan fingerprint density at radius 1 is 1.00 bits per heavy atom. The van der Waals surface area contributed by atoms with Gasteiger partial charge in [-0.1, -0.05) is 20.3 Å². The van der Waals surface area contributed by atoms with Crippen LogP contribution >= 0.6 is 0 Å². The zero-order valence-electron chi connectivity index (χ0n) is 14.5. The first-order chi connectivity index (χ1) is 9.15. The molecule has 3 nitrogen and oxygen atoms in total. The average molecular weight is 283 g/mol. The molecular formula is C17H33NO2. The van der Waals surface area contributed by atoms with E-state index in [1.54, 1.807) is 0 Å². The Balaban J connectivity index is 2.85. The standard InChI is InChI=1S/C17H33NO2/c1-13(16(3,4)15(19)20-7)14(2)17(5,6)18-11-9-8-10-12-18/h13-14H,8-12H2,1-7H3. The third-order valence-corrected chi connectivity index (χ3v) is 5.89. The maximum Gasteiger partial charge on any atom is 0.311 e. The Morgan fingerprint density at radius 3 is 1.95 bits per heavy atom. The summed E-state index contributed by atoms with van der Waals surface area (Å²) in [6, 6.07) is 0. The van der Waals surface area contributed by atoms with Crippen molar-refractivity contribution in [2.24, 2.45) is 17.3 Å². The van der Waals surface area contributed by atoms with Crippen LogP contribution in [0, 0.1) is 17.3 Å². The van der Waals surface area contributed by atoms with Gasteiger partial charge in [-0.2, -0.15) is 0 Å². The largest absolute Gasteiger partial charge is 0.469 e. The monoisotopic (exact) mass is 283 g/mol. The number of nitrogens with zero attached hydrogens (tertiary/aromatic N) is 1. The van der Waals surface area contributed by atoms with E-state index in [-0.39, 0.29) is 17.4 Å². The second-order valence-corrected chi connectivity index (χ2v) is 7.49. The molecule has 0 saturated carbocycles. The first-order valence-corrected chi connectivity index (χ1v) is 7.99. The van der Waals surface area contributed by atoms with Crippen molar-refractivity contribution in [2.45, 2.75) is 66.3 Å². The quantitative estimate of drug-likeness (QED) is 0.720. The van der Waals surface area contributed by atoms with Crippen molar-refractivity contribution >= 4 is 5.97 Å². The van der Waals surface area contributed by atoms with Crippen LogP contribution in [0.1, 0.15) is 60.8 Å². The van der Waals surface area contributed by atoms with E-state index < -0.39 is 5.41 Å². The molecule has 20 heavy (non-hydrogen) atoms. The van der Waals surface area contributed by atoms with Crippen LogP contribution in [0.5, 0.6) is 0 Å². The van der Waals surface area contributed by atoms with Gasteiger partial charge >= 0.3 is 5.97 Å². The molecular weight excluding hydrogens is 250 g/mol. The third kappa shape index (κ3) is 3.36. The highest BCUT2D eigenvalue weighted by Gasteiger charge is 2.44. The number of methoxy groups -OCH3 is 1. The lowest BCUT2D eigenvalue weighted by atomic mass is 9.67. The maximum atomic E-state index is 12.0. The molecule has 2 atom stereocenters. The first kappa shape index (κ1) is 17.5. The van der Waals surface area contributed by atoms with Crippen molar-refractivity contribution in [2.75, 3.05) is 20.2 Å². The van der Waals surface area contributed by atoms with Crippen molar-refractivity contribution in [1.29, 1.82) is 0 Å². The van der Waals surface area contributed by atoms with Gasteiger partial charge in [0, 0.05) is 5.54 Å². The van der Waals surface area contributed by atoms with Gasteiger partial charge in [-0.05, 0) is 65.5 Å². The van der Waals surface area contributed by atoms with Crippen molar-refractivity contribution in [3.8, 4) is 0 Å². The van der Waals surface area contributed by atoms with Crippen LogP contribution in [-0.2, 0) is 9.53 Å². The lowest BCUT2D eigenvalue weighted by Gasteiger charge is -2.49. The number of carbonyl (C=O) groups excluding carboxylic acids is 1. The van der Waals surface area contributed by atoms with Crippen LogP contribution in [0.15, 0.2) is 0 Å². The normalized spacial score (nSPS) is 21.4. The zero-order chi connectivity index (χ0) is 15.6. The molecule has 1 fully saturated rings. The van der Waals surface area contributed by atoms with Crippen LogP contribution in [0.4, 0.5) is 0 Å². The van der Waals surface area contributed by atoms with E-state index in [2.05, 4.69) is 32.6 Å². The smallest absolute Gasteiger partial charge is 0.311 e. The van der Waals surface area contributed by atoms with E-state index in [1.807, 2.05) is 13.8 Å². The lowest BCUT2D eigenvalue weighted by Crippen LogP contribution is -2.54. The molecule has 0 radical (unpaired) electrons. The molecule has 0 aromatic heterocycles. The van der Waals surface area contributed by atoms with Crippen LogP contribution in [0.3, 0.4) is 0 Å². The highest BCUT2D eigenvalue weighted by Crippen LogP contribution is 2.41. The number of hydrogen-bond donors (Lipinski definition) is 0. The molecule has 118 valence electrons. The van der Waals surface area contributed by atoms with E-state index in [4.69, 9.17) is 4.74 Å². The highest BCUT2D eigenvalue weighted by molar-refractivity contribution is 5.76. The number of esters is 1. The highest BCUT2D eigenvalue weighted by atomic mass is 16.5. The number of carbonyl (C=O) groups is 1. The van der Waals surface area contributed by atoms with Gasteiger partial charge in [0.2, 0.25) is 0 Å². The molecule has 0 aromatic rings. The Hall–Kier alpha value is -0.570. The molecule has 0 aromatic carbocycles. The van der Waals surface area contributed by atoms with Crippen molar-refractivity contribution < 1.29 is 9.53 Å². The topological polar surface area (TPSA) is 29.5 Å². The molecule has 0 bridgehead atoms. The summed E-state index contributed by atoms with van der Waals surface area (Å²) in [6.45, 7) is 15.5. The SMILES string of the molecule is COC(=O)C(C)(C)C(C)C(C)C(C)(C)N1CCCCC1. The second kappa shape index (κ2) is 6.46. The third-order valence-electron chi connectivity index (χ3n) is 5.89. The van der Waals surface area contributed by atoms with Gasteiger partial charge in [0.1, 0.15) is 0 Å². The fourth-order valence-electron chi connectivity index (χ4n) is 3.44. The number of rotatable bonds is 5. The number of likely N-dealkylation sites (tertiary alicyclic amines) is 1. The first-order valence-electron chi connectivity index (χ1n) is 7.99. The van der Waals surface area contributed by atoms with Crippen molar-refractivity contribution in [3.05, 3.63) is 0 Å². The molecule has 0 spiro atoms. The van der Waals surface area contributed by atoms with Crippen LogP contribution in [0.25, 0.3) is 0 Å². The summed E-state index contributed by atoms with van der Waals surface area (Å²) in [7, 11) is 1.48. The molecule has 2 unspecified atom stereocenters. The van der Waals surface area contributed by atoms with Gasteiger partial charge < -0.3 is 4.74 Å². The summed E-state index contributed by atoms with van der Waals surface area (Å²) in [5.74, 6) is 0.591. The molecule has 1 rings (SSSR count). The van der Waals surface area contributed by atoms with E-state index in [0.717, 1.165) is 0 Å². The van der Waals surface area contributed by atoms with Gasteiger partial charge in [-0.15, -0.1) is 0 Å². The van der Waals surface area contributed by atoms with Crippen LogP contribution < -0.4 is 0 Å². The van der Waals surface area contributed by atoms with Crippen LogP contribution in [0.2, 0.25) is 0 Å². The molecule has 1 heterocycles. The molecule has 1 aliphatic heterocycles. The summed E-state index contributed by atoms with van der Waals surface area (Å²) in [5, 5.41) is 0. The van der Waals surface area contributed by atoms with E-state index >= 15 is 0 Å². The Bertz CT molecular complexity index is 330. The number of piperidine rings is 1. The van der Waals surface area contributed by atoms with Gasteiger partial charge in [-0.25, -0.2) is 0 Å². The summed E-state index contributed by atoms with van der Waals surface area (Å²) >= 11 is 0. The summed E-state index contributed by atoms with van der Waals surface area (Å²) in [6.07, 6.45) is 3.94. The van der Waals surface area contributed by atoms with E-state index in [9.17, 15) is 4.79 Å². The second-order valence-electron chi connectivity index (χ2n) is 7.49. The zero-order valence-corrected chi connectivity index (χ0v) is 14.5. The van der Waals surface area contributed by atoms with Crippen LogP contribution in [-0.4, -0.2) is 36.6 Å². The molecule has 0 aliphatic carbocycles. The Kier molecular flexibility index (Phi) is 5.65. The molecule has 1 aliphatic rings. The predicted molar refractivity (Wildman–Crippen MR) is 83.6 cm³/mol. The summed E-state index contributed by atoms with van der Waals surface area (Å²) < 4.78 is 4.99. The Labute approximate surface area is 125 Å².